The van der Waals surface area contributed by atoms with E-state index in [-0.39, 0.29) is 11.8 Å². The molecule has 1 saturated heterocycles. The second-order valence-electron chi connectivity index (χ2n) is 11.0. The number of likely N-dealkylation sites (tertiary alicyclic amines) is 1. The number of carbonyl (C=O) groups excluding carboxylic acids is 1. The molecular weight excluding hydrogens is 528 g/mol. The molecule has 1 saturated carbocycles. The second kappa shape index (κ2) is 14.9. The molecule has 0 bridgehead atoms. The Morgan fingerprint density at radius 1 is 1.05 bits per heavy atom. The average molecular weight is 575 g/mol. The molecule has 40 heavy (non-hydrogen) atoms. The van der Waals surface area contributed by atoms with Gasteiger partial charge in [-0.05, 0) is 45.1 Å². The van der Waals surface area contributed by atoms with Gasteiger partial charge in [-0.3, -0.25) is 4.79 Å². The van der Waals surface area contributed by atoms with Crippen molar-refractivity contribution in [2.45, 2.75) is 76.8 Å². The summed E-state index contributed by atoms with van der Waals surface area (Å²) in [4.78, 5) is 28.9. The fourth-order valence-electron chi connectivity index (χ4n) is 6.27. The summed E-state index contributed by atoms with van der Waals surface area (Å²) in [5.74, 6) is 2.75. The molecule has 2 fully saturated rings. The van der Waals surface area contributed by atoms with Gasteiger partial charge in [0.05, 0.1) is 19.7 Å². The molecule has 2 aromatic rings. The normalized spacial score (nSPS) is 17.4. The maximum Gasteiger partial charge on any atom is 0.234 e. The Kier molecular flexibility index (Phi) is 11.4. The van der Waals surface area contributed by atoms with Crippen LogP contribution in [0.1, 0.15) is 64.7 Å². The number of ether oxygens (including phenoxy) is 2. The first-order chi connectivity index (χ1) is 19.5. The highest BCUT2D eigenvalue weighted by atomic mass is 35.5. The molecule has 222 valence electrons. The number of benzene rings is 1. The first kappa shape index (κ1) is 30.4. The van der Waals surface area contributed by atoms with E-state index in [9.17, 15) is 4.79 Å². The maximum atomic E-state index is 11.5. The number of fused-ring (bicyclic) bond motifs is 1. The molecule has 0 radical (unpaired) electrons. The lowest BCUT2D eigenvalue weighted by Gasteiger charge is -2.42. The molecular formula is C30H47ClN6O3. The number of hydrogen-bond donors (Lipinski definition) is 1. The third-order valence-electron chi connectivity index (χ3n) is 8.52. The zero-order chi connectivity index (χ0) is 28.5. The summed E-state index contributed by atoms with van der Waals surface area (Å²) in [7, 11) is 5.31. The molecule has 0 atom stereocenters. The van der Waals surface area contributed by atoms with Gasteiger partial charge in [-0.2, -0.15) is 4.98 Å². The number of halogens is 1. The standard InChI is InChI=1S/C30H47ClN6O3/c1-5-37(23-13-17-36(18-14-23)22-11-8-6-7-9-12-22)29-24-19-26(39-3)27(40-4)20-25(24)33-30(34-29)35(2)16-10-15-32-28(38)21-31/h19-20,22-23H,5-18,21H2,1-4H3,(H,32,38). The Labute approximate surface area is 244 Å². The molecule has 2 heterocycles. The van der Waals surface area contributed by atoms with Crippen LogP contribution in [0.25, 0.3) is 10.9 Å². The Balaban J connectivity index is 1.58. The number of anilines is 2. The SMILES string of the molecule is CCN(c1nc(N(C)CCCNC(=O)CCl)nc2cc(OC)c(OC)cc12)C1CCN(C2CCCCCC2)CC1. The van der Waals surface area contributed by atoms with Gasteiger partial charge in [0.1, 0.15) is 11.7 Å². The van der Waals surface area contributed by atoms with Crippen LogP contribution < -0.4 is 24.6 Å². The smallest absolute Gasteiger partial charge is 0.234 e. The van der Waals surface area contributed by atoms with E-state index in [0.29, 0.717) is 36.6 Å². The number of carbonyl (C=O) groups is 1. The Hall–Kier alpha value is -2.52. The van der Waals surface area contributed by atoms with E-state index in [2.05, 4.69) is 26.9 Å². The highest BCUT2D eigenvalue weighted by Gasteiger charge is 2.30. The van der Waals surface area contributed by atoms with Crippen molar-refractivity contribution in [1.29, 1.82) is 0 Å². The molecule has 1 aromatic heterocycles. The first-order valence-corrected chi connectivity index (χ1v) is 15.5. The molecule has 9 nitrogen and oxygen atoms in total. The number of nitrogens with zero attached hydrogens (tertiary/aromatic N) is 5. The minimum absolute atomic E-state index is 0.0231. The number of methoxy groups -OCH3 is 2. The Morgan fingerprint density at radius 3 is 2.35 bits per heavy atom. The number of piperidine rings is 1. The topological polar surface area (TPSA) is 83.1 Å². The number of amides is 1. The van der Waals surface area contributed by atoms with E-state index in [0.717, 1.165) is 61.7 Å². The second-order valence-corrected chi connectivity index (χ2v) is 11.3. The summed E-state index contributed by atoms with van der Waals surface area (Å²) in [6.45, 7) is 6.63. The van der Waals surface area contributed by atoms with Crippen molar-refractivity contribution in [3.8, 4) is 11.5 Å². The third-order valence-corrected chi connectivity index (χ3v) is 8.76. The van der Waals surface area contributed by atoms with Gasteiger partial charge in [0.2, 0.25) is 11.9 Å². The number of aromatic nitrogens is 2. The summed E-state index contributed by atoms with van der Waals surface area (Å²) in [5.41, 5.74) is 0.828. The average Bonchev–Trinajstić information content (AvgIpc) is 3.28. The summed E-state index contributed by atoms with van der Waals surface area (Å²) in [5, 5.41) is 3.80. The van der Waals surface area contributed by atoms with Crippen LogP contribution in [0.5, 0.6) is 11.5 Å². The highest BCUT2D eigenvalue weighted by molar-refractivity contribution is 6.27. The number of alkyl halides is 1. The van der Waals surface area contributed by atoms with Crippen LogP contribution in [0.4, 0.5) is 11.8 Å². The summed E-state index contributed by atoms with van der Waals surface area (Å²) >= 11 is 5.60. The third kappa shape index (κ3) is 7.40. The van der Waals surface area contributed by atoms with Crippen molar-refractivity contribution in [2.24, 2.45) is 0 Å². The number of hydrogen-bond acceptors (Lipinski definition) is 8. The van der Waals surface area contributed by atoms with Crippen LogP contribution in [0.3, 0.4) is 0 Å². The summed E-state index contributed by atoms with van der Waals surface area (Å²) in [6, 6.07) is 5.13. The van der Waals surface area contributed by atoms with Crippen molar-refractivity contribution < 1.29 is 14.3 Å². The van der Waals surface area contributed by atoms with Crippen molar-refractivity contribution in [2.75, 3.05) is 69.7 Å². The first-order valence-electron chi connectivity index (χ1n) is 15.0. The zero-order valence-electron chi connectivity index (χ0n) is 24.8. The van der Waals surface area contributed by atoms with Crippen LogP contribution >= 0.6 is 11.6 Å². The van der Waals surface area contributed by atoms with Gasteiger partial charge in [-0.25, -0.2) is 4.98 Å². The molecule has 1 amide bonds. The van der Waals surface area contributed by atoms with Crippen LogP contribution in [0.15, 0.2) is 12.1 Å². The largest absolute Gasteiger partial charge is 0.493 e. The quantitative estimate of drug-likeness (QED) is 0.219. The molecule has 0 unspecified atom stereocenters. The number of nitrogens with one attached hydrogen (secondary N) is 1. The van der Waals surface area contributed by atoms with Crippen LogP contribution in [0.2, 0.25) is 0 Å². The molecule has 4 rings (SSSR count). The fraction of sp³-hybridized carbons (Fsp3) is 0.700. The Bertz CT molecular complexity index is 1100. The molecule has 10 heteroatoms. The molecule has 1 N–H and O–H groups in total. The minimum Gasteiger partial charge on any atom is -0.493 e. The van der Waals surface area contributed by atoms with Crippen molar-refractivity contribution in [3.63, 3.8) is 0 Å². The van der Waals surface area contributed by atoms with Gasteiger partial charge in [0.25, 0.3) is 0 Å². The van der Waals surface area contributed by atoms with E-state index >= 15 is 0 Å². The monoisotopic (exact) mass is 574 g/mol. The lowest BCUT2D eigenvalue weighted by Crippen LogP contribution is -2.48. The minimum atomic E-state index is -0.154. The van der Waals surface area contributed by atoms with Gasteiger partial charge in [0, 0.05) is 63.3 Å². The van der Waals surface area contributed by atoms with Crippen molar-refractivity contribution in [1.82, 2.24) is 20.2 Å². The zero-order valence-corrected chi connectivity index (χ0v) is 25.5. The molecule has 1 aromatic carbocycles. The van der Waals surface area contributed by atoms with Crippen molar-refractivity contribution in [3.05, 3.63) is 12.1 Å². The van der Waals surface area contributed by atoms with E-state index < -0.39 is 0 Å². The van der Waals surface area contributed by atoms with Gasteiger partial charge in [-0.15, -0.1) is 11.6 Å². The summed E-state index contributed by atoms with van der Waals surface area (Å²) < 4.78 is 11.3. The van der Waals surface area contributed by atoms with Crippen LogP contribution in [0, 0.1) is 0 Å². The van der Waals surface area contributed by atoms with Crippen LogP contribution in [-0.4, -0.2) is 92.7 Å². The summed E-state index contributed by atoms with van der Waals surface area (Å²) in [6.07, 6.45) is 11.3. The highest BCUT2D eigenvalue weighted by Crippen LogP contribution is 2.38. The van der Waals surface area contributed by atoms with Crippen molar-refractivity contribution >= 4 is 40.2 Å². The van der Waals surface area contributed by atoms with E-state index in [1.54, 1.807) is 14.2 Å². The predicted octanol–water partition coefficient (Wildman–Crippen LogP) is 4.84. The Morgan fingerprint density at radius 2 is 1.73 bits per heavy atom. The predicted molar refractivity (Wildman–Crippen MR) is 163 cm³/mol. The molecule has 2 aliphatic rings. The van der Waals surface area contributed by atoms with Crippen LogP contribution in [-0.2, 0) is 4.79 Å². The number of rotatable bonds is 12. The molecule has 0 spiro atoms. The maximum absolute atomic E-state index is 11.5. The van der Waals surface area contributed by atoms with E-state index in [1.807, 2.05) is 19.2 Å². The van der Waals surface area contributed by atoms with Gasteiger partial charge >= 0.3 is 0 Å². The lowest BCUT2D eigenvalue weighted by molar-refractivity contribution is -0.118. The van der Waals surface area contributed by atoms with E-state index in [4.69, 9.17) is 31.0 Å². The van der Waals surface area contributed by atoms with E-state index in [1.165, 1.54) is 38.5 Å². The van der Waals surface area contributed by atoms with Gasteiger partial charge in [-0.1, -0.05) is 25.7 Å². The van der Waals surface area contributed by atoms with Gasteiger partial charge < -0.3 is 29.5 Å². The fourth-order valence-corrected chi connectivity index (χ4v) is 6.37. The van der Waals surface area contributed by atoms with Gasteiger partial charge in [0.15, 0.2) is 11.5 Å². The molecule has 1 aliphatic carbocycles. The molecule has 1 aliphatic heterocycles. The lowest BCUT2D eigenvalue weighted by atomic mass is 9.98.